The first-order valence-electron chi connectivity index (χ1n) is 10.9. The van der Waals surface area contributed by atoms with Crippen LogP contribution in [0, 0.1) is 0 Å². The maximum Gasteiger partial charge on any atom is 0.376 e. The Balaban J connectivity index is 1.96. The van der Waals surface area contributed by atoms with Crippen LogP contribution in [0.5, 0.6) is 0 Å². The van der Waals surface area contributed by atoms with Crippen LogP contribution in [0.15, 0.2) is 72.0 Å². The van der Waals surface area contributed by atoms with Gasteiger partial charge in [0.25, 0.3) is 0 Å². The van der Waals surface area contributed by atoms with Crippen molar-refractivity contribution in [2.45, 2.75) is 39.1 Å². The number of hydrogen-bond acceptors (Lipinski definition) is 7. The molecule has 8 heteroatoms. The Labute approximate surface area is 192 Å². The topological polar surface area (TPSA) is 74.3 Å². The lowest BCUT2D eigenvalue weighted by Crippen LogP contribution is -2.44. The molecule has 1 aliphatic rings. The van der Waals surface area contributed by atoms with Gasteiger partial charge in [-0.2, -0.15) is 0 Å². The highest BCUT2D eigenvalue weighted by Crippen LogP contribution is 2.33. The van der Waals surface area contributed by atoms with E-state index in [0.717, 1.165) is 11.1 Å². The first-order valence-corrected chi connectivity index (χ1v) is 10.9. The summed E-state index contributed by atoms with van der Waals surface area (Å²) < 4.78 is 30.5. The van der Waals surface area contributed by atoms with Crippen molar-refractivity contribution in [2.24, 2.45) is 0 Å². The summed E-state index contributed by atoms with van der Waals surface area (Å²) in [4.78, 5) is 31.3. The monoisotopic (exact) mass is 457 g/mol. The summed E-state index contributed by atoms with van der Waals surface area (Å²) in [5, 5.41) is 1.38. The van der Waals surface area contributed by atoms with E-state index >= 15 is 0 Å². The number of esters is 2. The number of nitrogens with zero attached hydrogens (tertiary/aromatic N) is 1. The molecule has 1 aliphatic heterocycles. The van der Waals surface area contributed by atoms with Crippen molar-refractivity contribution in [1.82, 2.24) is 5.06 Å². The molecule has 0 amide bonds. The number of benzene rings is 2. The molecule has 33 heavy (non-hydrogen) atoms. The highest BCUT2D eigenvalue weighted by Gasteiger charge is 2.47. The molecule has 7 nitrogen and oxygen atoms in total. The molecule has 2 aromatic carbocycles. The van der Waals surface area contributed by atoms with Gasteiger partial charge < -0.3 is 19.0 Å². The number of hydrogen-bond donors (Lipinski definition) is 0. The van der Waals surface area contributed by atoms with Crippen LogP contribution < -0.4 is 0 Å². The standard InChI is InChI=1S/C25H28FNO6/c1-3-30-24(28)21-22(20(15-26)32-17-19-13-9-6-10-14-19)27(16-18-11-7-5-8-12-18)33-23(21)25(29)31-4-2/h5-14,20,22H,3-4,15-17H2,1-2H3/t20-,22+/m0/s1. The molecule has 0 unspecified atom stereocenters. The van der Waals surface area contributed by atoms with E-state index in [4.69, 9.17) is 19.0 Å². The van der Waals surface area contributed by atoms with Crippen molar-refractivity contribution in [1.29, 1.82) is 0 Å². The van der Waals surface area contributed by atoms with Gasteiger partial charge in [0, 0.05) is 0 Å². The minimum absolute atomic E-state index is 0.0784. The smallest absolute Gasteiger partial charge is 0.376 e. The minimum atomic E-state index is -1.10. The van der Waals surface area contributed by atoms with Crippen LogP contribution in [-0.2, 0) is 41.8 Å². The van der Waals surface area contributed by atoms with Crippen LogP contribution in [0.4, 0.5) is 4.39 Å². The third-order valence-electron chi connectivity index (χ3n) is 5.01. The van der Waals surface area contributed by atoms with Crippen LogP contribution in [-0.4, -0.2) is 49.0 Å². The maximum absolute atomic E-state index is 14.3. The predicted molar refractivity (Wildman–Crippen MR) is 118 cm³/mol. The summed E-state index contributed by atoms with van der Waals surface area (Å²) in [6, 6.07) is 17.6. The Morgan fingerprint density at radius 2 is 1.52 bits per heavy atom. The van der Waals surface area contributed by atoms with Crippen LogP contribution in [0.1, 0.15) is 25.0 Å². The van der Waals surface area contributed by atoms with Gasteiger partial charge in [-0.3, -0.25) is 0 Å². The molecule has 0 N–H and O–H groups in total. The van der Waals surface area contributed by atoms with Crippen molar-refractivity contribution in [3.05, 3.63) is 83.1 Å². The Hall–Kier alpha value is -3.23. The van der Waals surface area contributed by atoms with Gasteiger partial charge >= 0.3 is 11.9 Å². The Kier molecular flexibility index (Phi) is 8.97. The van der Waals surface area contributed by atoms with E-state index < -0.39 is 30.8 Å². The molecule has 0 spiro atoms. The van der Waals surface area contributed by atoms with Crippen LogP contribution in [0.3, 0.4) is 0 Å². The van der Waals surface area contributed by atoms with E-state index in [1.54, 1.807) is 13.8 Å². The maximum atomic E-state index is 14.3. The Morgan fingerprint density at radius 1 is 0.939 bits per heavy atom. The van der Waals surface area contributed by atoms with E-state index in [1.807, 2.05) is 60.7 Å². The average molecular weight is 457 g/mol. The molecule has 0 aliphatic carbocycles. The zero-order chi connectivity index (χ0) is 23.6. The number of alkyl halides is 1. The summed E-state index contributed by atoms with van der Waals surface area (Å²) in [5.41, 5.74) is 1.58. The van der Waals surface area contributed by atoms with Crippen LogP contribution >= 0.6 is 0 Å². The number of halogens is 1. The molecule has 3 rings (SSSR count). The van der Waals surface area contributed by atoms with Crippen LogP contribution in [0.25, 0.3) is 0 Å². The predicted octanol–water partition coefficient (Wildman–Crippen LogP) is 3.74. The van der Waals surface area contributed by atoms with Crippen molar-refractivity contribution in [3.8, 4) is 0 Å². The minimum Gasteiger partial charge on any atom is -0.462 e. The zero-order valence-corrected chi connectivity index (χ0v) is 18.7. The van der Waals surface area contributed by atoms with Gasteiger partial charge in [0.1, 0.15) is 24.4 Å². The van der Waals surface area contributed by atoms with Crippen molar-refractivity contribution in [3.63, 3.8) is 0 Å². The lowest BCUT2D eigenvalue weighted by Gasteiger charge is -2.29. The van der Waals surface area contributed by atoms with Crippen molar-refractivity contribution >= 4 is 11.9 Å². The third kappa shape index (κ3) is 6.18. The van der Waals surface area contributed by atoms with E-state index in [2.05, 4.69) is 0 Å². The van der Waals surface area contributed by atoms with E-state index in [-0.39, 0.29) is 37.7 Å². The molecule has 1 heterocycles. The number of ether oxygens (including phenoxy) is 3. The van der Waals surface area contributed by atoms with Gasteiger partial charge in [0.15, 0.2) is 0 Å². The lowest BCUT2D eigenvalue weighted by molar-refractivity contribution is -0.176. The summed E-state index contributed by atoms with van der Waals surface area (Å²) in [7, 11) is 0. The Morgan fingerprint density at radius 3 is 2.09 bits per heavy atom. The first kappa shape index (κ1) is 24.4. The van der Waals surface area contributed by atoms with Crippen LogP contribution in [0.2, 0.25) is 0 Å². The van der Waals surface area contributed by atoms with E-state index in [9.17, 15) is 14.0 Å². The van der Waals surface area contributed by atoms with E-state index in [1.165, 1.54) is 5.06 Å². The second-order valence-corrected chi connectivity index (χ2v) is 7.27. The fourth-order valence-electron chi connectivity index (χ4n) is 3.53. The molecule has 0 radical (unpaired) electrons. The quantitative estimate of drug-likeness (QED) is 0.476. The van der Waals surface area contributed by atoms with Crippen molar-refractivity contribution < 1.29 is 33.0 Å². The first-order chi connectivity index (χ1) is 16.1. The molecule has 0 aromatic heterocycles. The van der Waals surface area contributed by atoms with Gasteiger partial charge in [-0.25, -0.2) is 14.0 Å². The number of hydroxylamine groups is 2. The molecule has 0 bridgehead atoms. The highest BCUT2D eigenvalue weighted by atomic mass is 19.1. The summed E-state index contributed by atoms with van der Waals surface area (Å²) >= 11 is 0. The second-order valence-electron chi connectivity index (χ2n) is 7.27. The molecule has 2 atom stereocenters. The molecule has 0 saturated carbocycles. The van der Waals surface area contributed by atoms with Gasteiger partial charge in [-0.1, -0.05) is 60.7 Å². The number of carbonyl (C=O) groups is 2. The molecule has 2 aromatic rings. The lowest BCUT2D eigenvalue weighted by atomic mass is 10.00. The number of carbonyl (C=O) groups excluding carboxylic acids is 2. The van der Waals surface area contributed by atoms with Gasteiger partial charge in [-0.15, -0.1) is 5.06 Å². The van der Waals surface area contributed by atoms with Crippen molar-refractivity contribution in [2.75, 3.05) is 19.9 Å². The average Bonchev–Trinajstić information content (AvgIpc) is 3.20. The molecule has 0 saturated heterocycles. The van der Waals surface area contributed by atoms with Gasteiger partial charge in [0.2, 0.25) is 5.76 Å². The molecular formula is C25H28FNO6. The fraction of sp³-hybridized carbons (Fsp3) is 0.360. The number of rotatable bonds is 11. The molecule has 0 fully saturated rings. The third-order valence-corrected chi connectivity index (χ3v) is 5.01. The summed E-state index contributed by atoms with van der Waals surface area (Å²) in [6.07, 6.45) is -1.10. The normalized spacial score (nSPS) is 16.9. The van der Waals surface area contributed by atoms with Gasteiger partial charge in [-0.05, 0) is 25.0 Å². The highest BCUT2D eigenvalue weighted by molar-refractivity contribution is 6.00. The van der Waals surface area contributed by atoms with Gasteiger partial charge in [0.05, 0.1) is 26.4 Å². The largest absolute Gasteiger partial charge is 0.462 e. The summed E-state index contributed by atoms with van der Waals surface area (Å²) in [6.45, 7) is 2.85. The fourth-order valence-corrected chi connectivity index (χ4v) is 3.53. The second kappa shape index (κ2) is 12.1. The Bertz CT molecular complexity index is 950. The zero-order valence-electron chi connectivity index (χ0n) is 18.7. The summed E-state index contributed by atoms with van der Waals surface area (Å²) in [5.74, 6) is -1.90. The molecule has 176 valence electrons. The van der Waals surface area contributed by atoms with E-state index in [0.29, 0.717) is 0 Å². The molecular weight excluding hydrogens is 429 g/mol. The SMILES string of the molecule is CCOC(=O)C1=C(C(=O)OCC)[C@@H]([C@H](CF)OCc2ccccc2)N(Cc2ccccc2)O1.